The van der Waals surface area contributed by atoms with Gasteiger partial charge >= 0.3 is 0 Å². The predicted octanol–water partition coefficient (Wildman–Crippen LogP) is 1.88. The lowest BCUT2D eigenvalue weighted by atomic mass is 10.2. The molecule has 0 spiro atoms. The predicted molar refractivity (Wildman–Crippen MR) is 93.8 cm³/mol. The van der Waals surface area contributed by atoms with Gasteiger partial charge in [-0.2, -0.15) is 0 Å². The molecule has 7 heteroatoms. The molecule has 0 radical (unpaired) electrons. The van der Waals surface area contributed by atoms with Crippen LogP contribution in [0.4, 0.5) is 5.82 Å². The number of anilines is 1. The molecule has 1 amide bonds. The molecule has 7 nitrogen and oxygen atoms in total. The highest BCUT2D eigenvalue weighted by Gasteiger charge is 2.16. The largest absolute Gasteiger partial charge is 0.491 e. The van der Waals surface area contributed by atoms with Gasteiger partial charge in [-0.3, -0.25) is 9.78 Å². The number of amides is 1. The summed E-state index contributed by atoms with van der Waals surface area (Å²) in [5, 5.41) is 5.95. The minimum Gasteiger partial charge on any atom is -0.491 e. The Balaban J connectivity index is 1.42. The first-order valence-corrected chi connectivity index (χ1v) is 8.44. The number of rotatable bonds is 8. The van der Waals surface area contributed by atoms with E-state index in [0.29, 0.717) is 36.8 Å². The molecule has 3 rings (SSSR count). The average molecular weight is 342 g/mol. The fourth-order valence-corrected chi connectivity index (χ4v) is 2.55. The Kier molecular flexibility index (Phi) is 6.17. The van der Waals surface area contributed by atoms with Crippen molar-refractivity contribution in [1.82, 2.24) is 15.3 Å². The maximum Gasteiger partial charge on any atom is 0.251 e. The standard InChI is InChI=1S/C18H22N4O3/c23-18(22-9-8-21-17-12-19-6-7-20-17)14-3-1-4-15(11-14)25-13-16-5-2-10-24-16/h1,3-4,6-7,11-12,16H,2,5,8-10,13H2,(H,20,21)(H,22,23)/t16-/m1/s1. The molecule has 0 unspecified atom stereocenters. The van der Waals surface area contributed by atoms with Crippen LogP contribution < -0.4 is 15.4 Å². The summed E-state index contributed by atoms with van der Waals surface area (Å²) in [6.45, 7) is 2.38. The minimum atomic E-state index is -0.136. The molecule has 1 aromatic heterocycles. The van der Waals surface area contributed by atoms with Gasteiger partial charge in [-0.05, 0) is 31.0 Å². The fourth-order valence-electron chi connectivity index (χ4n) is 2.55. The smallest absolute Gasteiger partial charge is 0.251 e. The van der Waals surface area contributed by atoms with Crippen LogP contribution in [0.5, 0.6) is 5.75 Å². The highest BCUT2D eigenvalue weighted by molar-refractivity contribution is 5.94. The SMILES string of the molecule is O=C(NCCNc1cnccn1)c1cccc(OC[C@H]2CCCO2)c1. The zero-order valence-electron chi connectivity index (χ0n) is 14.0. The van der Waals surface area contributed by atoms with Gasteiger partial charge in [-0.1, -0.05) is 6.07 Å². The fraction of sp³-hybridized carbons (Fsp3) is 0.389. The number of carbonyl (C=O) groups is 1. The van der Waals surface area contributed by atoms with Crippen LogP contribution in [-0.2, 0) is 4.74 Å². The molecule has 0 aliphatic carbocycles. The maximum absolute atomic E-state index is 12.2. The third-order valence-corrected chi connectivity index (χ3v) is 3.84. The Bertz CT molecular complexity index is 675. The van der Waals surface area contributed by atoms with Crippen molar-refractivity contribution in [1.29, 1.82) is 0 Å². The topological polar surface area (TPSA) is 85.4 Å². The van der Waals surface area contributed by atoms with Crippen LogP contribution >= 0.6 is 0 Å². The second-order valence-corrected chi connectivity index (χ2v) is 5.75. The molecule has 2 heterocycles. The van der Waals surface area contributed by atoms with Crippen molar-refractivity contribution in [3.63, 3.8) is 0 Å². The van der Waals surface area contributed by atoms with Gasteiger partial charge in [0.25, 0.3) is 5.91 Å². The summed E-state index contributed by atoms with van der Waals surface area (Å²) in [6, 6.07) is 7.18. The molecule has 1 fully saturated rings. The number of nitrogens with zero attached hydrogens (tertiary/aromatic N) is 2. The zero-order chi connectivity index (χ0) is 17.3. The van der Waals surface area contributed by atoms with Gasteiger partial charge in [0.2, 0.25) is 0 Å². The van der Waals surface area contributed by atoms with Crippen molar-refractivity contribution in [3.8, 4) is 5.75 Å². The van der Waals surface area contributed by atoms with Crippen LogP contribution in [0.1, 0.15) is 23.2 Å². The summed E-state index contributed by atoms with van der Waals surface area (Å²) in [4.78, 5) is 20.3. The van der Waals surface area contributed by atoms with Gasteiger partial charge in [0.05, 0.1) is 12.3 Å². The van der Waals surface area contributed by atoms with Crippen molar-refractivity contribution >= 4 is 11.7 Å². The Hall–Kier alpha value is -2.67. The van der Waals surface area contributed by atoms with E-state index < -0.39 is 0 Å². The molecule has 132 valence electrons. The van der Waals surface area contributed by atoms with Crippen LogP contribution in [0.3, 0.4) is 0 Å². The third-order valence-electron chi connectivity index (χ3n) is 3.84. The van der Waals surface area contributed by atoms with E-state index in [1.165, 1.54) is 0 Å². The molecule has 0 bridgehead atoms. The molecule has 25 heavy (non-hydrogen) atoms. The number of ether oxygens (including phenoxy) is 2. The molecule has 1 saturated heterocycles. The summed E-state index contributed by atoms with van der Waals surface area (Å²) >= 11 is 0. The first-order chi connectivity index (χ1) is 12.3. The molecule has 2 aromatic rings. The van der Waals surface area contributed by atoms with Crippen LogP contribution in [0.15, 0.2) is 42.9 Å². The average Bonchev–Trinajstić information content (AvgIpc) is 3.18. The first-order valence-electron chi connectivity index (χ1n) is 8.44. The highest BCUT2D eigenvalue weighted by Crippen LogP contribution is 2.17. The molecular formula is C18H22N4O3. The lowest BCUT2D eigenvalue weighted by Gasteiger charge is -2.12. The van der Waals surface area contributed by atoms with Crippen LogP contribution in [0.25, 0.3) is 0 Å². The number of aromatic nitrogens is 2. The zero-order valence-corrected chi connectivity index (χ0v) is 14.0. The molecule has 1 aromatic carbocycles. The van der Waals surface area contributed by atoms with Gasteiger partial charge in [-0.15, -0.1) is 0 Å². The van der Waals surface area contributed by atoms with Crippen molar-refractivity contribution < 1.29 is 14.3 Å². The Morgan fingerprint density at radius 2 is 2.28 bits per heavy atom. The van der Waals surface area contributed by atoms with Crippen molar-refractivity contribution in [3.05, 3.63) is 48.4 Å². The van der Waals surface area contributed by atoms with E-state index in [1.54, 1.807) is 30.7 Å². The molecule has 1 atom stereocenters. The van der Waals surface area contributed by atoms with Gasteiger partial charge in [0, 0.05) is 37.7 Å². The molecular weight excluding hydrogens is 320 g/mol. The summed E-state index contributed by atoms with van der Waals surface area (Å²) in [7, 11) is 0. The van der Waals surface area contributed by atoms with Crippen LogP contribution in [0.2, 0.25) is 0 Å². The number of hydrogen-bond donors (Lipinski definition) is 2. The van der Waals surface area contributed by atoms with E-state index in [4.69, 9.17) is 9.47 Å². The van der Waals surface area contributed by atoms with E-state index in [1.807, 2.05) is 12.1 Å². The second kappa shape index (κ2) is 8.98. The third kappa shape index (κ3) is 5.42. The van der Waals surface area contributed by atoms with E-state index in [0.717, 1.165) is 19.4 Å². The lowest BCUT2D eigenvalue weighted by Crippen LogP contribution is -2.28. The van der Waals surface area contributed by atoms with E-state index in [2.05, 4.69) is 20.6 Å². The Morgan fingerprint density at radius 1 is 1.32 bits per heavy atom. The van der Waals surface area contributed by atoms with Gasteiger partial charge < -0.3 is 20.1 Å². The van der Waals surface area contributed by atoms with Gasteiger partial charge in [0.1, 0.15) is 18.2 Å². The monoisotopic (exact) mass is 342 g/mol. The highest BCUT2D eigenvalue weighted by atomic mass is 16.5. The minimum absolute atomic E-state index is 0.136. The van der Waals surface area contributed by atoms with E-state index >= 15 is 0 Å². The van der Waals surface area contributed by atoms with Gasteiger partial charge in [-0.25, -0.2) is 4.98 Å². The first kappa shape index (κ1) is 17.2. The maximum atomic E-state index is 12.2. The van der Waals surface area contributed by atoms with Crippen molar-refractivity contribution in [2.45, 2.75) is 18.9 Å². The lowest BCUT2D eigenvalue weighted by molar-refractivity contribution is 0.0679. The summed E-state index contributed by atoms with van der Waals surface area (Å²) in [6.07, 6.45) is 7.13. The normalized spacial score (nSPS) is 16.4. The second-order valence-electron chi connectivity index (χ2n) is 5.75. The number of carbonyl (C=O) groups excluding carboxylic acids is 1. The summed E-state index contributed by atoms with van der Waals surface area (Å²) in [5.74, 6) is 1.23. The number of hydrogen-bond acceptors (Lipinski definition) is 6. The molecule has 1 aliphatic heterocycles. The van der Waals surface area contributed by atoms with Crippen LogP contribution in [-0.4, -0.2) is 48.3 Å². The van der Waals surface area contributed by atoms with Crippen molar-refractivity contribution in [2.75, 3.05) is 31.6 Å². The molecule has 0 saturated carbocycles. The summed E-state index contributed by atoms with van der Waals surface area (Å²) < 4.78 is 11.3. The van der Waals surface area contributed by atoms with Gasteiger partial charge in [0.15, 0.2) is 0 Å². The number of nitrogens with one attached hydrogen (secondary N) is 2. The Morgan fingerprint density at radius 3 is 3.08 bits per heavy atom. The van der Waals surface area contributed by atoms with E-state index in [-0.39, 0.29) is 12.0 Å². The van der Waals surface area contributed by atoms with E-state index in [9.17, 15) is 4.79 Å². The number of benzene rings is 1. The van der Waals surface area contributed by atoms with Crippen LogP contribution in [0, 0.1) is 0 Å². The Labute approximate surface area is 146 Å². The quantitative estimate of drug-likeness (QED) is 0.713. The molecule has 1 aliphatic rings. The molecule has 2 N–H and O–H groups in total. The van der Waals surface area contributed by atoms with Crippen molar-refractivity contribution in [2.24, 2.45) is 0 Å². The summed E-state index contributed by atoms with van der Waals surface area (Å²) in [5.41, 5.74) is 0.573.